The number of pyridine rings is 2. The Bertz CT molecular complexity index is 1190. The SMILES string of the molecule is Cc1ccccc1-c1nc(NSc2cccc(N3CCNCC3C(=O)O)n2)ccc1C(F)(F)F. The maximum Gasteiger partial charge on any atom is 0.418 e. The van der Waals surface area contributed by atoms with Crippen molar-refractivity contribution in [2.75, 3.05) is 29.3 Å². The van der Waals surface area contributed by atoms with Crippen LogP contribution in [0.5, 0.6) is 0 Å². The van der Waals surface area contributed by atoms with Crippen molar-refractivity contribution >= 4 is 29.6 Å². The molecule has 2 aromatic heterocycles. The molecule has 7 nitrogen and oxygen atoms in total. The van der Waals surface area contributed by atoms with E-state index in [1.165, 1.54) is 6.07 Å². The summed E-state index contributed by atoms with van der Waals surface area (Å²) in [6, 6.07) is 13.6. The minimum absolute atomic E-state index is 0.150. The maximum atomic E-state index is 13.6. The molecule has 3 N–H and O–H groups in total. The molecule has 1 atom stereocenters. The van der Waals surface area contributed by atoms with Crippen LogP contribution in [-0.2, 0) is 11.0 Å². The second kappa shape index (κ2) is 9.90. The number of aliphatic carboxylic acids is 1. The third-order valence-corrected chi connectivity index (χ3v) is 6.14. The summed E-state index contributed by atoms with van der Waals surface area (Å²) in [6.45, 7) is 3.18. The molecule has 1 aliphatic heterocycles. The number of rotatable bonds is 6. The zero-order valence-electron chi connectivity index (χ0n) is 18.1. The molecule has 1 saturated heterocycles. The molecule has 1 fully saturated rings. The van der Waals surface area contributed by atoms with E-state index in [0.29, 0.717) is 41.6 Å². The lowest BCUT2D eigenvalue weighted by atomic mass is 10.0. The number of hydrogen-bond donors (Lipinski definition) is 3. The number of aromatic nitrogens is 2. The smallest absolute Gasteiger partial charge is 0.418 e. The van der Waals surface area contributed by atoms with Gasteiger partial charge >= 0.3 is 12.1 Å². The highest BCUT2D eigenvalue weighted by Crippen LogP contribution is 2.38. The first kappa shape index (κ1) is 23.8. The predicted octanol–water partition coefficient (Wildman–Crippen LogP) is 4.45. The van der Waals surface area contributed by atoms with Crippen LogP contribution in [0.25, 0.3) is 11.3 Å². The molecule has 3 heterocycles. The Hall–Kier alpha value is -3.31. The lowest BCUT2D eigenvalue weighted by Crippen LogP contribution is -2.55. The van der Waals surface area contributed by atoms with E-state index in [9.17, 15) is 23.1 Å². The van der Waals surface area contributed by atoms with Crippen LogP contribution in [0.4, 0.5) is 24.8 Å². The van der Waals surface area contributed by atoms with Gasteiger partial charge in [0.1, 0.15) is 22.7 Å². The Morgan fingerprint density at radius 2 is 1.94 bits per heavy atom. The molecule has 3 aromatic rings. The van der Waals surface area contributed by atoms with Crippen molar-refractivity contribution in [3.63, 3.8) is 0 Å². The second-order valence-corrected chi connectivity index (χ2v) is 8.52. The van der Waals surface area contributed by atoms with Crippen LogP contribution >= 0.6 is 11.9 Å². The molecule has 4 rings (SSSR count). The zero-order valence-corrected chi connectivity index (χ0v) is 19.0. The highest BCUT2D eigenvalue weighted by molar-refractivity contribution is 8.00. The van der Waals surface area contributed by atoms with Crippen molar-refractivity contribution in [2.24, 2.45) is 0 Å². The number of nitrogens with zero attached hydrogens (tertiary/aromatic N) is 3. The number of carboxylic acid groups (broad SMARTS) is 1. The van der Waals surface area contributed by atoms with Gasteiger partial charge < -0.3 is 20.0 Å². The fourth-order valence-corrected chi connectivity index (χ4v) is 4.32. The molecule has 0 saturated carbocycles. The van der Waals surface area contributed by atoms with Gasteiger partial charge in [-0.25, -0.2) is 14.8 Å². The van der Waals surface area contributed by atoms with Crippen LogP contribution in [-0.4, -0.2) is 46.7 Å². The second-order valence-electron chi connectivity index (χ2n) is 7.70. The van der Waals surface area contributed by atoms with Gasteiger partial charge in [0.2, 0.25) is 0 Å². The van der Waals surface area contributed by atoms with E-state index < -0.39 is 23.8 Å². The third kappa shape index (κ3) is 5.26. The van der Waals surface area contributed by atoms with Gasteiger partial charge in [0.05, 0.1) is 11.3 Å². The fraction of sp³-hybridized carbons (Fsp3) is 0.261. The van der Waals surface area contributed by atoms with Gasteiger partial charge in [-0.3, -0.25) is 0 Å². The summed E-state index contributed by atoms with van der Waals surface area (Å²) in [5.74, 6) is -0.182. The minimum Gasteiger partial charge on any atom is -0.480 e. The molecule has 178 valence electrons. The fourth-order valence-electron chi connectivity index (χ4n) is 3.71. The average Bonchev–Trinajstić information content (AvgIpc) is 2.82. The van der Waals surface area contributed by atoms with E-state index in [-0.39, 0.29) is 11.5 Å². The van der Waals surface area contributed by atoms with Crippen LogP contribution in [0.3, 0.4) is 0 Å². The Labute approximate surface area is 198 Å². The topological polar surface area (TPSA) is 90.4 Å². The highest BCUT2D eigenvalue weighted by atomic mass is 32.2. The van der Waals surface area contributed by atoms with Crippen molar-refractivity contribution in [3.8, 4) is 11.3 Å². The van der Waals surface area contributed by atoms with Gasteiger partial charge in [0.25, 0.3) is 0 Å². The summed E-state index contributed by atoms with van der Waals surface area (Å²) in [5.41, 5.74) is 0.129. The van der Waals surface area contributed by atoms with Crippen molar-refractivity contribution in [1.82, 2.24) is 15.3 Å². The first-order valence-electron chi connectivity index (χ1n) is 10.5. The number of hydrogen-bond acceptors (Lipinski definition) is 7. The van der Waals surface area contributed by atoms with Crippen LogP contribution < -0.4 is 14.9 Å². The van der Waals surface area contributed by atoms with Gasteiger partial charge in [-0.05, 0) is 36.8 Å². The first-order chi connectivity index (χ1) is 16.2. The predicted molar refractivity (Wildman–Crippen MR) is 125 cm³/mol. The van der Waals surface area contributed by atoms with Crippen molar-refractivity contribution < 1.29 is 23.1 Å². The number of anilines is 2. The molecule has 0 amide bonds. The van der Waals surface area contributed by atoms with Crippen molar-refractivity contribution in [1.29, 1.82) is 0 Å². The Kier molecular flexibility index (Phi) is 6.94. The molecule has 0 aliphatic carbocycles. The number of carboxylic acids is 1. The number of carbonyl (C=O) groups is 1. The Morgan fingerprint density at radius 3 is 2.68 bits per heavy atom. The number of piperazine rings is 1. The van der Waals surface area contributed by atoms with Crippen LogP contribution in [0, 0.1) is 6.92 Å². The van der Waals surface area contributed by atoms with E-state index >= 15 is 0 Å². The van der Waals surface area contributed by atoms with Gasteiger partial charge in [-0.15, -0.1) is 0 Å². The standard InChI is InChI=1S/C23H22F3N5O2S/c1-14-5-2-3-6-15(14)21-16(23(24,25)26)9-10-18(28-21)30-34-20-8-4-7-19(29-20)31-12-11-27-13-17(31)22(32)33/h2-10,17,27H,11-13H2,1H3,(H,28,30)(H,32,33). The van der Waals surface area contributed by atoms with E-state index in [2.05, 4.69) is 20.0 Å². The largest absolute Gasteiger partial charge is 0.480 e. The molecule has 0 radical (unpaired) electrons. The van der Waals surface area contributed by atoms with Crippen molar-refractivity contribution in [3.05, 3.63) is 65.7 Å². The summed E-state index contributed by atoms with van der Waals surface area (Å²) in [7, 11) is 0. The van der Waals surface area contributed by atoms with Gasteiger partial charge in [0, 0.05) is 37.1 Å². The summed E-state index contributed by atoms with van der Waals surface area (Å²) in [6.07, 6.45) is -4.55. The van der Waals surface area contributed by atoms with E-state index in [1.54, 1.807) is 54.3 Å². The lowest BCUT2D eigenvalue weighted by Gasteiger charge is -2.34. The van der Waals surface area contributed by atoms with Crippen LogP contribution in [0.2, 0.25) is 0 Å². The van der Waals surface area contributed by atoms with E-state index in [4.69, 9.17) is 0 Å². The Morgan fingerprint density at radius 1 is 1.15 bits per heavy atom. The summed E-state index contributed by atoms with van der Waals surface area (Å²) in [4.78, 5) is 22.1. The summed E-state index contributed by atoms with van der Waals surface area (Å²) in [5, 5.41) is 13.1. The zero-order chi connectivity index (χ0) is 24.3. The number of benzene rings is 1. The molecule has 0 spiro atoms. The van der Waals surface area contributed by atoms with Crippen LogP contribution in [0.1, 0.15) is 11.1 Å². The minimum atomic E-state index is -4.55. The van der Waals surface area contributed by atoms with E-state index in [0.717, 1.165) is 18.0 Å². The third-order valence-electron chi connectivity index (χ3n) is 5.39. The molecule has 0 bridgehead atoms. The number of alkyl halides is 3. The number of halogens is 3. The normalized spacial score (nSPS) is 16.4. The van der Waals surface area contributed by atoms with Crippen molar-refractivity contribution in [2.45, 2.75) is 24.2 Å². The van der Waals surface area contributed by atoms with E-state index in [1.807, 2.05) is 0 Å². The van der Waals surface area contributed by atoms with Gasteiger partial charge in [-0.1, -0.05) is 30.3 Å². The Balaban J connectivity index is 1.58. The average molecular weight is 490 g/mol. The quantitative estimate of drug-likeness (QED) is 0.438. The maximum absolute atomic E-state index is 13.6. The lowest BCUT2D eigenvalue weighted by molar-refractivity contribution is -0.139. The monoisotopic (exact) mass is 489 g/mol. The molecule has 1 aromatic carbocycles. The molecule has 34 heavy (non-hydrogen) atoms. The van der Waals surface area contributed by atoms with Crippen LogP contribution in [0.15, 0.2) is 59.6 Å². The van der Waals surface area contributed by atoms with Gasteiger partial charge in [-0.2, -0.15) is 13.2 Å². The molecular formula is C23H22F3N5O2S. The summed E-state index contributed by atoms with van der Waals surface area (Å²) < 4.78 is 43.9. The number of aryl methyl sites for hydroxylation is 1. The highest BCUT2D eigenvalue weighted by Gasteiger charge is 2.35. The first-order valence-corrected chi connectivity index (χ1v) is 11.3. The molecule has 11 heteroatoms. The molecule has 1 unspecified atom stereocenters. The summed E-state index contributed by atoms with van der Waals surface area (Å²) >= 11 is 1.09. The number of nitrogens with one attached hydrogen (secondary N) is 2. The van der Waals surface area contributed by atoms with Gasteiger partial charge in [0.15, 0.2) is 0 Å². The molecule has 1 aliphatic rings. The molecular weight excluding hydrogens is 467 g/mol.